The molecule has 35 heavy (non-hydrogen) atoms. The molecule has 172 valence electrons. The monoisotopic (exact) mass is 566 g/mol. The number of anilines is 1. The van der Waals surface area contributed by atoms with E-state index < -0.39 is 11.4 Å². The minimum atomic E-state index is -0.431. The molecule has 0 fully saturated rings. The zero-order chi connectivity index (χ0) is 24.3. The van der Waals surface area contributed by atoms with E-state index >= 15 is 0 Å². The van der Waals surface area contributed by atoms with Gasteiger partial charge in [-0.3, -0.25) is 9.59 Å². The molecule has 0 bridgehead atoms. The van der Waals surface area contributed by atoms with Crippen LogP contribution in [0.25, 0.3) is 21.9 Å². The molecule has 6 rings (SSSR count). The van der Waals surface area contributed by atoms with Crippen molar-refractivity contribution >= 4 is 61.0 Å². The van der Waals surface area contributed by atoms with Crippen molar-refractivity contribution < 1.29 is 9.18 Å². The van der Waals surface area contributed by atoms with E-state index in [0.29, 0.717) is 32.6 Å². The van der Waals surface area contributed by atoms with Gasteiger partial charge in [0.15, 0.2) is 5.82 Å². The van der Waals surface area contributed by atoms with Crippen molar-refractivity contribution in [1.29, 1.82) is 0 Å². The lowest BCUT2D eigenvalue weighted by Gasteiger charge is -2.17. The Labute approximate surface area is 215 Å². The lowest BCUT2D eigenvalue weighted by molar-refractivity contribution is -0.113. The first-order valence-electron chi connectivity index (χ1n) is 10.5. The zero-order valence-corrected chi connectivity index (χ0v) is 20.9. The molecule has 2 aromatic heterocycles. The van der Waals surface area contributed by atoms with Crippen LogP contribution in [0.3, 0.4) is 0 Å². The van der Waals surface area contributed by atoms with E-state index in [4.69, 9.17) is 11.6 Å². The Morgan fingerprint density at radius 2 is 1.80 bits per heavy atom. The Hall–Kier alpha value is -3.40. The third-order valence-electron chi connectivity index (χ3n) is 5.75. The van der Waals surface area contributed by atoms with E-state index in [0.717, 1.165) is 21.4 Å². The third kappa shape index (κ3) is 3.67. The maximum absolute atomic E-state index is 14.4. The van der Waals surface area contributed by atoms with Crippen LogP contribution in [0.15, 0.2) is 76.0 Å². The topological polar surface area (TPSA) is 67.6 Å². The standard InChI is InChI=1S/C25H13BrClFN4O2S/c26-15-7-10-19-17(11-15)20(23(33)31(19)12-14-3-1-2-4-18(14)28)21-24(34)32-25(35-21)29-22(30-32)13-5-8-16(27)9-6-13/h1-11H,12H2. The molecule has 0 saturated heterocycles. The second-order valence-electron chi connectivity index (χ2n) is 7.89. The predicted octanol–water partition coefficient (Wildman–Crippen LogP) is 4.84. The van der Waals surface area contributed by atoms with Crippen LogP contribution in [0.4, 0.5) is 10.1 Å². The SMILES string of the molecule is O=C1C(=c2sc3nc(-c4ccc(Cl)cc4)nn3c2=O)c2cc(Br)ccc2N1Cc1ccccc1F. The molecule has 0 unspecified atom stereocenters. The maximum Gasteiger partial charge on any atom is 0.291 e. The average molecular weight is 568 g/mol. The van der Waals surface area contributed by atoms with Gasteiger partial charge in [0, 0.05) is 26.2 Å². The van der Waals surface area contributed by atoms with Gasteiger partial charge >= 0.3 is 0 Å². The highest BCUT2D eigenvalue weighted by molar-refractivity contribution is 9.10. The normalized spacial score (nSPS) is 14.7. The largest absolute Gasteiger partial charge is 0.303 e. The Bertz CT molecular complexity index is 1770. The highest BCUT2D eigenvalue weighted by Crippen LogP contribution is 2.38. The summed E-state index contributed by atoms with van der Waals surface area (Å²) in [6.07, 6.45) is 0. The van der Waals surface area contributed by atoms with E-state index in [9.17, 15) is 14.0 Å². The van der Waals surface area contributed by atoms with Crippen molar-refractivity contribution in [3.63, 3.8) is 0 Å². The Balaban J connectivity index is 1.52. The summed E-state index contributed by atoms with van der Waals surface area (Å²) in [5.74, 6) is -0.380. The lowest BCUT2D eigenvalue weighted by atomic mass is 10.1. The molecular weight excluding hydrogens is 555 g/mol. The number of nitrogens with zero attached hydrogens (tertiary/aromatic N) is 4. The molecule has 3 heterocycles. The first-order chi connectivity index (χ1) is 16.9. The maximum atomic E-state index is 14.4. The second-order valence-corrected chi connectivity index (χ2v) is 10.2. The second kappa shape index (κ2) is 8.37. The summed E-state index contributed by atoms with van der Waals surface area (Å²) in [6.45, 7) is 0.0410. The van der Waals surface area contributed by atoms with E-state index in [2.05, 4.69) is 26.0 Å². The molecule has 0 N–H and O–H groups in total. The number of aromatic nitrogens is 3. The molecule has 6 nitrogen and oxygen atoms in total. The summed E-state index contributed by atoms with van der Waals surface area (Å²) in [5.41, 5.74) is 2.14. The van der Waals surface area contributed by atoms with Gasteiger partial charge in [-0.2, -0.15) is 9.50 Å². The van der Waals surface area contributed by atoms with E-state index in [1.54, 1.807) is 54.6 Å². The number of amides is 1. The molecule has 1 aliphatic heterocycles. The fourth-order valence-electron chi connectivity index (χ4n) is 4.08. The summed E-state index contributed by atoms with van der Waals surface area (Å²) in [6, 6.07) is 18.7. The number of thiazole rings is 1. The molecule has 0 saturated carbocycles. The number of halogens is 3. The van der Waals surface area contributed by atoms with Crippen molar-refractivity contribution in [3.05, 3.63) is 108 Å². The number of rotatable bonds is 3. The molecule has 0 spiro atoms. The number of hydrogen-bond acceptors (Lipinski definition) is 5. The van der Waals surface area contributed by atoms with Crippen LogP contribution < -0.4 is 15.0 Å². The number of benzene rings is 3. The van der Waals surface area contributed by atoms with Crippen LogP contribution >= 0.6 is 38.9 Å². The average Bonchev–Trinajstić information content (AvgIpc) is 3.47. The molecule has 3 aromatic carbocycles. The first-order valence-corrected chi connectivity index (χ1v) is 12.4. The van der Waals surface area contributed by atoms with E-state index in [1.807, 2.05) is 6.07 Å². The zero-order valence-electron chi connectivity index (χ0n) is 17.7. The van der Waals surface area contributed by atoms with Crippen LogP contribution in [0.1, 0.15) is 11.1 Å². The van der Waals surface area contributed by atoms with Gasteiger partial charge in [0.05, 0.1) is 17.8 Å². The third-order valence-corrected chi connectivity index (χ3v) is 7.53. The molecule has 10 heteroatoms. The van der Waals surface area contributed by atoms with Crippen molar-refractivity contribution in [2.45, 2.75) is 6.54 Å². The van der Waals surface area contributed by atoms with Crippen molar-refractivity contribution in [1.82, 2.24) is 14.6 Å². The molecule has 1 amide bonds. The molecule has 0 aliphatic carbocycles. The van der Waals surface area contributed by atoms with Gasteiger partial charge in [-0.15, -0.1) is 5.10 Å². The summed E-state index contributed by atoms with van der Waals surface area (Å²) in [4.78, 5) is 33.3. The van der Waals surface area contributed by atoms with Gasteiger partial charge in [-0.05, 0) is 48.5 Å². The van der Waals surface area contributed by atoms with Gasteiger partial charge in [0.1, 0.15) is 10.3 Å². The Morgan fingerprint density at radius 1 is 1.03 bits per heavy atom. The highest BCUT2D eigenvalue weighted by Gasteiger charge is 2.35. The molecule has 1 aliphatic rings. The number of carbonyl (C=O) groups excluding carboxylic acids is 1. The van der Waals surface area contributed by atoms with Gasteiger partial charge in [0.2, 0.25) is 4.96 Å². The number of carbonyl (C=O) groups is 1. The van der Waals surface area contributed by atoms with Crippen LogP contribution in [-0.2, 0) is 11.3 Å². The fourth-order valence-corrected chi connectivity index (χ4v) is 5.57. The minimum Gasteiger partial charge on any atom is -0.303 e. The smallest absolute Gasteiger partial charge is 0.291 e. The van der Waals surface area contributed by atoms with E-state index in [1.165, 1.54) is 15.5 Å². The van der Waals surface area contributed by atoms with E-state index in [-0.39, 0.29) is 22.6 Å². The lowest BCUT2D eigenvalue weighted by Crippen LogP contribution is -2.32. The minimum absolute atomic E-state index is 0.0410. The van der Waals surface area contributed by atoms with Gasteiger partial charge in [-0.1, -0.05) is 57.1 Å². The first kappa shape index (κ1) is 22.1. The van der Waals surface area contributed by atoms with Crippen LogP contribution in [0.2, 0.25) is 5.02 Å². The molecule has 0 radical (unpaired) electrons. The van der Waals surface area contributed by atoms with Crippen LogP contribution in [0.5, 0.6) is 0 Å². The summed E-state index contributed by atoms with van der Waals surface area (Å²) >= 11 is 10.5. The predicted molar refractivity (Wildman–Crippen MR) is 137 cm³/mol. The summed E-state index contributed by atoms with van der Waals surface area (Å²) in [7, 11) is 0. The fraction of sp³-hybridized carbons (Fsp3) is 0.0400. The number of hydrogen-bond donors (Lipinski definition) is 0. The quantitative estimate of drug-likeness (QED) is 0.313. The van der Waals surface area contributed by atoms with Gasteiger partial charge in [0.25, 0.3) is 11.5 Å². The van der Waals surface area contributed by atoms with Crippen LogP contribution in [-0.4, -0.2) is 20.5 Å². The van der Waals surface area contributed by atoms with Gasteiger partial charge < -0.3 is 4.90 Å². The van der Waals surface area contributed by atoms with Crippen molar-refractivity contribution in [2.24, 2.45) is 0 Å². The van der Waals surface area contributed by atoms with Crippen molar-refractivity contribution in [2.75, 3.05) is 4.90 Å². The number of fused-ring (bicyclic) bond motifs is 2. The van der Waals surface area contributed by atoms with Crippen LogP contribution in [0, 0.1) is 5.82 Å². The van der Waals surface area contributed by atoms with Crippen molar-refractivity contribution in [3.8, 4) is 11.4 Å². The molecule has 0 atom stereocenters. The summed E-state index contributed by atoms with van der Waals surface area (Å²) in [5, 5.41) is 4.95. The van der Waals surface area contributed by atoms with Gasteiger partial charge in [-0.25, -0.2) is 4.39 Å². The summed E-state index contributed by atoms with van der Waals surface area (Å²) < 4.78 is 16.6. The molecular formula is C25H13BrClFN4O2S. The Morgan fingerprint density at radius 3 is 2.54 bits per heavy atom. The highest BCUT2D eigenvalue weighted by atomic mass is 79.9. The Kier molecular flexibility index (Phi) is 5.28. The molecule has 5 aromatic rings.